The number of nitrogens with one attached hydrogen (secondary N) is 1. The van der Waals surface area contributed by atoms with Crippen molar-refractivity contribution in [1.82, 2.24) is 4.90 Å². The fourth-order valence-corrected chi connectivity index (χ4v) is 4.75. The third-order valence-electron chi connectivity index (χ3n) is 5.31. The van der Waals surface area contributed by atoms with Gasteiger partial charge in [-0.05, 0) is 53.6 Å². The second-order valence-corrected chi connectivity index (χ2v) is 9.55. The minimum atomic E-state index is -1.07. The van der Waals surface area contributed by atoms with E-state index < -0.39 is 18.1 Å². The zero-order chi connectivity index (χ0) is 23.7. The lowest BCUT2D eigenvalue weighted by molar-refractivity contribution is -0.146. The Hall–Kier alpha value is -2.45. The lowest BCUT2D eigenvalue weighted by Crippen LogP contribution is -2.44. The number of benzene rings is 3. The van der Waals surface area contributed by atoms with Crippen molar-refractivity contribution in [2.45, 2.75) is 12.1 Å². The van der Waals surface area contributed by atoms with Gasteiger partial charge in [0, 0.05) is 14.5 Å². The summed E-state index contributed by atoms with van der Waals surface area (Å²) < 4.78 is 5.91. The minimum absolute atomic E-state index is 0.352. The molecule has 0 aromatic heterocycles. The SMILES string of the molecule is COC(=O)C(c1ccc(Cl)cc1)N1C(=O)c2ccc(Br)cc2NC(=S)C1c1ccc(Cl)cc1. The fraction of sp³-hybridized carbons (Fsp3) is 0.125. The third-order valence-corrected chi connectivity index (χ3v) is 6.63. The second-order valence-electron chi connectivity index (χ2n) is 7.32. The molecule has 4 rings (SSSR count). The van der Waals surface area contributed by atoms with E-state index in [0.717, 1.165) is 4.47 Å². The molecule has 3 aromatic carbocycles. The Labute approximate surface area is 214 Å². The Kier molecular flexibility index (Phi) is 7.05. The summed E-state index contributed by atoms with van der Waals surface area (Å²) in [7, 11) is 1.28. The van der Waals surface area contributed by atoms with Crippen molar-refractivity contribution >= 4 is 73.9 Å². The van der Waals surface area contributed by atoms with Gasteiger partial charge in [0.25, 0.3) is 5.91 Å². The van der Waals surface area contributed by atoms with Crippen LogP contribution >= 0.6 is 51.3 Å². The van der Waals surface area contributed by atoms with Crippen LogP contribution in [0.15, 0.2) is 71.2 Å². The molecular weight excluding hydrogens is 547 g/mol. The maximum atomic E-state index is 14.0. The molecule has 0 aliphatic carbocycles. The Balaban J connectivity index is 1.96. The lowest BCUT2D eigenvalue weighted by Gasteiger charge is -2.36. The summed E-state index contributed by atoms with van der Waals surface area (Å²) in [5, 5.41) is 4.24. The number of hydrogen-bond acceptors (Lipinski definition) is 4. The maximum Gasteiger partial charge on any atom is 0.333 e. The Morgan fingerprint density at radius 3 is 2.27 bits per heavy atom. The van der Waals surface area contributed by atoms with Crippen molar-refractivity contribution in [3.05, 3.63) is 97.9 Å². The van der Waals surface area contributed by atoms with Crippen LogP contribution in [0.4, 0.5) is 5.69 Å². The van der Waals surface area contributed by atoms with Gasteiger partial charge >= 0.3 is 5.97 Å². The van der Waals surface area contributed by atoms with Crippen LogP contribution < -0.4 is 5.32 Å². The zero-order valence-electron chi connectivity index (χ0n) is 17.2. The first-order chi connectivity index (χ1) is 15.8. The maximum absolute atomic E-state index is 14.0. The summed E-state index contributed by atoms with van der Waals surface area (Å²) in [6, 6.07) is 17.1. The number of anilines is 1. The summed E-state index contributed by atoms with van der Waals surface area (Å²) in [6.45, 7) is 0. The number of methoxy groups -OCH3 is 1. The quantitative estimate of drug-likeness (QED) is 0.286. The van der Waals surface area contributed by atoms with Crippen molar-refractivity contribution in [2.24, 2.45) is 0 Å². The van der Waals surface area contributed by atoms with Crippen molar-refractivity contribution in [3.8, 4) is 0 Å². The molecule has 1 N–H and O–H groups in total. The Morgan fingerprint density at radius 1 is 1.06 bits per heavy atom. The number of carbonyl (C=O) groups is 2. The first-order valence-corrected chi connectivity index (χ1v) is 11.8. The highest BCUT2D eigenvalue weighted by molar-refractivity contribution is 9.10. The predicted octanol–water partition coefficient (Wildman–Crippen LogP) is 6.61. The van der Waals surface area contributed by atoms with Gasteiger partial charge in [0.15, 0.2) is 6.04 Å². The van der Waals surface area contributed by atoms with Gasteiger partial charge in [0.1, 0.15) is 11.0 Å². The number of hydrogen-bond donors (Lipinski definition) is 1. The van der Waals surface area contributed by atoms with Gasteiger partial charge in [0.2, 0.25) is 0 Å². The van der Waals surface area contributed by atoms with E-state index in [1.165, 1.54) is 12.0 Å². The number of amides is 1. The monoisotopic (exact) mass is 562 g/mol. The van der Waals surface area contributed by atoms with Crippen LogP contribution in [0, 0.1) is 0 Å². The summed E-state index contributed by atoms with van der Waals surface area (Å²) in [4.78, 5) is 28.9. The lowest BCUT2D eigenvalue weighted by atomic mass is 9.98. The van der Waals surface area contributed by atoms with E-state index in [2.05, 4.69) is 21.2 Å². The number of fused-ring (bicyclic) bond motifs is 1. The number of carbonyl (C=O) groups excluding carboxylic acids is 2. The van der Waals surface area contributed by atoms with Crippen LogP contribution in [-0.2, 0) is 9.53 Å². The van der Waals surface area contributed by atoms with E-state index in [0.29, 0.717) is 37.4 Å². The number of thiocarbonyl (C=S) groups is 1. The molecule has 1 aliphatic heterocycles. The molecule has 1 aliphatic rings. The summed E-state index contributed by atoms with van der Waals surface area (Å²) in [5.74, 6) is -0.983. The van der Waals surface area contributed by atoms with Crippen LogP contribution in [0.3, 0.4) is 0 Å². The first-order valence-electron chi connectivity index (χ1n) is 9.82. The molecule has 9 heteroatoms. The van der Waals surface area contributed by atoms with Gasteiger partial charge in [0.05, 0.1) is 18.4 Å². The average molecular weight is 564 g/mol. The average Bonchev–Trinajstić information content (AvgIpc) is 2.89. The second kappa shape index (κ2) is 9.81. The van der Waals surface area contributed by atoms with Crippen LogP contribution in [0.1, 0.15) is 33.6 Å². The first kappa shape index (κ1) is 23.7. The fourth-order valence-electron chi connectivity index (χ4n) is 3.78. The smallest absolute Gasteiger partial charge is 0.333 e. The van der Waals surface area contributed by atoms with E-state index in [9.17, 15) is 9.59 Å². The minimum Gasteiger partial charge on any atom is -0.467 e. The number of nitrogens with zero attached hydrogens (tertiary/aromatic N) is 1. The molecule has 2 unspecified atom stereocenters. The van der Waals surface area contributed by atoms with Gasteiger partial charge in [-0.2, -0.15) is 0 Å². The molecular formula is C24H17BrCl2N2O3S. The van der Waals surface area contributed by atoms with Crippen molar-refractivity contribution < 1.29 is 14.3 Å². The number of halogens is 3. The van der Waals surface area contributed by atoms with Gasteiger partial charge in [-0.15, -0.1) is 0 Å². The third kappa shape index (κ3) is 4.77. The van der Waals surface area contributed by atoms with Crippen LogP contribution in [0.5, 0.6) is 0 Å². The Morgan fingerprint density at radius 2 is 1.67 bits per heavy atom. The van der Waals surface area contributed by atoms with Crippen molar-refractivity contribution in [1.29, 1.82) is 0 Å². The standard InChI is InChI=1S/C24H17BrCl2N2O3S/c1-32-24(31)21(14-4-9-17(27)10-5-14)29-20(13-2-7-16(26)8-3-13)22(33)28-19-12-15(25)6-11-18(19)23(29)30/h2-12,20-21H,1H3,(H,28,33). The number of rotatable bonds is 4. The van der Waals surface area contributed by atoms with Crippen molar-refractivity contribution in [2.75, 3.05) is 12.4 Å². The van der Waals surface area contributed by atoms with Crippen LogP contribution in [0.25, 0.3) is 0 Å². The highest BCUT2D eigenvalue weighted by Crippen LogP contribution is 2.39. The van der Waals surface area contributed by atoms with Crippen LogP contribution in [0.2, 0.25) is 10.0 Å². The van der Waals surface area contributed by atoms with Crippen LogP contribution in [-0.4, -0.2) is 28.9 Å². The van der Waals surface area contributed by atoms with E-state index >= 15 is 0 Å². The molecule has 5 nitrogen and oxygen atoms in total. The molecule has 2 atom stereocenters. The highest BCUT2D eigenvalue weighted by atomic mass is 79.9. The van der Waals surface area contributed by atoms with E-state index in [1.54, 1.807) is 66.7 Å². The molecule has 0 spiro atoms. The molecule has 1 amide bonds. The summed E-state index contributed by atoms with van der Waals surface area (Å²) in [6.07, 6.45) is 0. The van der Waals surface area contributed by atoms with Crippen molar-refractivity contribution in [3.63, 3.8) is 0 Å². The largest absolute Gasteiger partial charge is 0.467 e. The predicted molar refractivity (Wildman–Crippen MR) is 137 cm³/mol. The molecule has 3 aromatic rings. The van der Waals surface area contributed by atoms with E-state index in [1.807, 2.05) is 0 Å². The molecule has 0 saturated heterocycles. The topological polar surface area (TPSA) is 58.6 Å². The molecule has 168 valence electrons. The highest BCUT2D eigenvalue weighted by Gasteiger charge is 2.42. The number of ether oxygens (including phenoxy) is 1. The van der Waals surface area contributed by atoms with Gasteiger partial charge in [-0.3, -0.25) is 4.79 Å². The van der Waals surface area contributed by atoms with E-state index in [-0.39, 0.29) is 5.91 Å². The Bertz CT molecular complexity index is 1240. The summed E-state index contributed by atoms with van der Waals surface area (Å²) in [5.41, 5.74) is 2.15. The normalized spacial score (nSPS) is 16.5. The molecule has 0 bridgehead atoms. The number of esters is 1. The summed E-state index contributed by atoms with van der Waals surface area (Å²) >= 11 is 21.4. The zero-order valence-corrected chi connectivity index (χ0v) is 21.1. The van der Waals surface area contributed by atoms with E-state index in [4.69, 9.17) is 40.2 Å². The van der Waals surface area contributed by atoms with Gasteiger partial charge < -0.3 is 15.0 Å². The van der Waals surface area contributed by atoms with Gasteiger partial charge in [-0.25, -0.2) is 4.79 Å². The van der Waals surface area contributed by atoms with Gasteiger partial charge in [-0.1, -0.05) is 75.6 Å². The molecule has 0 radical (unpaired) electrons. The molecule has 0 saturated carbocycles. The molecule has 33 heavy (non-hydrogen) atoms. The molecule has 0 fully saturated rings. The molecule has 1 heterocycles.